The van der Waals surface area contributed by atoms with Crippen molar-refractivity contribution in [2.45, 2.75) is 0 Å². The van der Waals surface area contributed by atoms with Gasteiger partial charge in [0, 0.05) is 17.5 Å². The van der Waals surface area contributed by atoms with Crippen molar-refractivity contribution in [3.8, 4) is 11.5 Å². The van der Waals surface area contributed by atoms with E-state index in [9.17, 15) is 0 Å². The number of benzene rings is 1. The van der Waals surface area contributed by atoms with Gasteiger partial charge in [-0.25, -0.2) is 4.99 Å². The third-order valence-electron chi connectivity index (χ3n) is 4.02. The van der Waals surface area contributed by atoms with Gasteiger partial charge < -0.3 is 19.4 Å². The summed E-state index contributed by atoms with van der Waals surface area (Å²) in [6.45, 7) is 0. The van der Waals surface area contributed by atoms with Crippen molar-refractivity contribution in [1.29, 1.82) is 0 Å². The second kappa shape index (κ2) is 5.77. The molecule has 1 aliphatic heterocycles. The van der Waals surface area contributed by atoms with E-state index in [4.69, 9.17) is 9.47 Å². The number of aromatic amines is 2. The zero-order valence-corrected chi connectivity index (χ0v) is 13.5. The van der Waals surface area contributed by atoms with Crippen LogP contribution >= 0.6 is 0 Å². The molecule has 0 atom stereocenters. The molecule has 0 bridgehead atoms. The maximum atomic E-state index is 5.50. The second-order valence-electron chi connectivity index (χ2n) is 5.47. The predicted octanol–water partition coefficient (Wildman–Crippen LogP) is 0.411. The minimum Gasteiger partial charge on any atom is -0.495 e. The highest BCUT2D eigenvalue weighted by atomic mass is 16.5. The van der Waals surface area contributed by atoms with Crippen LogP contribution in [0.4, 0.5) is 0 Å². The standard InChI is InChI=1S/C19H17N3O2/c1-23-18-7-8-20-16(18)10-17-19(24-2)11-15(22-17)14-9-12-5-3-4-6-13(12)21-14/h3-11,20,22H,1-2H3. The average Bonchev–Trinajstić information content (AvgIpc) is 3.32. The van der Waals surface area contributed by atoms with Gasteiger partial charge in [0.25, 0.3) is 0 Å². The van der Waals surface area contributed by atoms with E-state index in [1.807, 2.05) is 42.6 Å². The molecule has 0 saturated carbocycles. The Morgan fingerprint density at radius 2 is 1.88 bits per heavy atom. The number of hydrogen-bond donors (Lipinski definition) is 2. The highest BCUT2D eigenvalue weighted by Gasteiger charge is 2.07. The molecule has 0 spiro atoms. The van der Waals surface area contributed by atoms with Gasteiger partial charge in [-0.15, -0.1) is 0 Å². The Morgan fingerprint density at radius 3 is 2.67 bits per heavy atom. The second-order valence-corrected chi connectivity index (χ2v) is 5.47. The van der Waals surface area contributed by atoms with Gasteiger partial charge in [-0.1, -0.05) is 18.2 Å². The van der Waals surface area contributed by atoms with Crippen LogP contribution in [0.1, 0.15) is 5.69 Å². The number of ether oxygens (including phenoxy) is 2. The number of methoxy groups -OCH3 is 2. The number of H-pyrrole nitrogens is 2. The van der Waals surface area contributed by atoms with E-state index in [0.29, 0.717) is 0 Å². The Morgan fingerprint density at radius 1 is 1.04 bits per heavy atom. The fourth-order valence-electron chi connectivity index (χ4n) is 2.83. The number of para-hydroxylation sites is 1. The van der Waals surface area contributed by atoms with Gasteiger partial charge >= 0.3 is 0 Å². The lowest BCUT2D eigenvalue weighted by atomic mass is 10.3. The molecule has 4 rings (SSSR count). The quantitative estimate of drug-likeness (QED) is 0.734. The first-order valence-electron chi connectivity index (χ1n) is 7.64. The van der Waals surface area contributed by atoms with Crippen LogP contribution in [0.3, 0.4) is 0 Å². The summed E-state index contributed by atoms with van der Waals surface area (Å²) in [5, 5.41) is 3.88. The van der Waals surface area contributed by atoms with Crippen LogP contribution in [0.15, 0.2) is 47.6 Å². The van der Waals surface area contributed by atoms with E-state index in [1.54, 1.807) is 14.2 Å². The molecule has 3 aromatic rings. The normalized spacial score (nSPS) is 15.7. The Balaban J connectivity index is 1.91. The van der Waals surface area contributed by atoms with Gasteiger partial charge in [-0.05, 0) is 24.3 Å². The first-order chi connectivity index (χ1) is 11.8. The molecule has 1 aromatic carbocycles. The van der Waals surface area contributed by atoms with Crippen molar-refractivity contribution < 1.29 is 9.47 Å². The molecule has 1 aliphatic rings. The molecule has 2 aromatic heterocycles. The third-order valence-corrected chi connectivity index (χ3v) is 4.02. The van der Waals surface area contributed by atoms with Crippen LogP contribution in [-0.4, -0.2) is 24.2 Å². The summed E-state index contributed by atoms with van der Waals surface area (Å²) in [7, 11) is 3.31. The SMILES string of the molecule is COc1cc[nH]c1C=c1[nH]c(=C2C=c3ccccc3=N2)cc1OC. The summed E-state index contributed by atoms with van der Waals surface area (Å²) in [4.78, 5) is 11.2. The van der Waals surface area contributed by atoms with Gasteiger partial charge in [-0.3, -0.25) is 0 Å². The lowest BCUT2D eigenvalue weighted by Gasteiger charge is -1.97. The molecule has 120 valence electrons. The number of aromatic nitrogens is 2. The molecule has 0 unspecified atom stereocenters. The van der Waals surface area contributed by atoms with Crippen LogP contribution in [0.5, 0.6) is 11.5 Å². The summed E-state index contributed by atoms with van der Waals surface area (Å²) in [6.07, 6.45) is 5.87. The summed E-state index contributed by atoms with van der Waals surface area (Å²) in [5.41, 5.74) is 1.78. The maximum absolute atomic E-state index is 5.50. The fourth-order valence-corrected chi connectivity index (χ4v) is 2.83. The topological polar surface area (TPSA) is 62.4 Å². The highest BCUT2D eigenvalue weighted by molar-refractivity contribution is 5.76. The minimum atomic E-state index is 0.758. The summed E-state index contributed by atoms with van der Waals surface area (Å²) >= 11 is 0. The molecular weight excluding hydrogens is 302 g/mol. The van der Waals surface area contributed by atoms with Gasteiger partial charge in [0.05, 0.1) is 41.7 Å². The lowest BCUT2D eigenvalue weighted by Crippen LogP contribution is -2.19. The number of fused-ring (bicyclic) bond motifs is 1. The summed E-state index contributed by atoms with van der Waals surface area (Å²) < 4.78 is 10.8. The van der Waals surface area contributed by atoms with Gasteiger partial charge in [-0.2, -0.15) is 0 Å². The van der Waals surface area contributed by atoms with E-state index >= 15 is 0 Å². The molecule has 2 N–H and O–H groups in total. The first kappa shape index (κ1) is 14.4. The Kier molecular flexibility index (Phi) is 3.46. The molecule has 5 heteroatoms. The van der Waals surface area contributed by atoms with E-state index < -0.39 is 0 Å². The van der Waals surface area contributed by atoms with Crippen molar-refractivity contribution in [3.63, 3.8) is 0 Å². The molecule has 0 fully saturated rings. The van der Waals surface area contributed by atoms with E-state index in [1.165, 1.54) is 0 Å². The smallest absolute Gasteiger partial charge is 0.144 e. The fraction of sp³-hybridized carbons (Fsp3) is 0.105. The van der Waals surface area contributed by atoms with Crippen LogP contribution in [0, 0.1) is 0 Å². The molecule has 0 amide bonds. The van der Waals surface area contributed by atoms with Crippen LogP contribution in [-0.2, 0) is 0 Å². The minimum absolute atomic E-state index is 0.758. The van der Waals surface area contributed by atoms with Crippen molar-refractivity contribution in [2.75, 3.05) is 14.2 Å². The average molecular weight is 319 g/mol. The Bertz CT molecular complexity index is 1100. The Labute approximate surface area is 138 Å². The van der Waals surface area contributed by atoms with Crippen molar-refractivity contribution in [2.24, 2.45) is 4.99 Å². The van der Waals surface area contributed by atoms with E-state index in [2.05, 4.69) is 27.1 Å². The van der Waals surface area contributed by atoms with Crippen molar-refractivity contribution in [3.05, 3.63) is 69.6 Å². The molecule has 0 aliphatic carbocycles. The van der Waals surface area contributed by atoms with E-state index in [-0.39, 0.29) is 0 Å². The zero-order chi connectivity index (χ0) is 16.5. The zero-order valence-electron chi connectivity index (χ0n) is 13.5. The van der Waals surface area contributed by atoms with Crippen LogP contribution in [0.25, 0.3) is 17.8 Å². The monoisotopic (exact) mass is 319 g/mol. The maximum Gasteiger partial charge on any atom is 0.144 e. The summed E-state index contributed by atoms with van der Waals surface area (Å²) in [6, 6.07) is 11.9. The van der Waals surface area contributed by atoms with Crippen LogP contribution < -0.4 is 30.7 Å². The van der Waals surface area contributed by atoms with E-state index in [0.717, 1.165) is 44.2 Å². The molecule has 5 nitrogen and oxygen atoms in total. The van der Waals surface area contributed by atoms with Gasteiger partial charge in [0.2, 0.25) is 0 Å². The molecular formula is C19H17N3O2. The summed E-state index contributed by atoms with van der Waals surface area (Å²) in [5.74, 6) is 1.54. The third kappa shape index (κ3) is 2.40. The molecule has 0 radical (unpaired) electrons. The first-order valence-corrected chi connectivity index (χ1v) is 7.64. The molecule has 3 heterocycles. The van der Waals surface area contributed by atoms with Crippen molar-refractivity contribution >= 4 is 17.8 Å². The lowest BCUT2D eigenvalue weighted by molar-refractivity contribution is 0.411. The Hall–Kier alpha value is -3.21. The highest BCUT2D eigenvalue weighted by Crippen LogP contribution is 2.16. The number of nitrogens with one attached hydrogen (secondary N) is 2. The number of nitrogens with zero attached hydrogens (tertiary/aromatic N) is 1. The van der Waals surface area contributed by atoms with Crippen LogP contribution in [0.2, 0.25) is 0 Å². The van der Waals surface area contributed by atoms with Crippen molar-refractivity contribution in [1.82, 2.24) is 9.97 Å². The van der Waals surface area contributed by atoms with Gasteiger partial charge in [0.1, 0.15) is 11.5 Å². The number of hydrogen-bond acceptors (Lipinski definition) is 3. The molecule has 0 saturated heterocycles. The van der Waals surface area contributed by atoms with Gasteiger partial charge in [0.15, 0.2) is 0 Å². The number of rotatable bonds is 3. The molecule has 24 heavy (non-hydrogen) atoms. The predicted molar refractivity (Wildman–Crippen MR) is 92.6 cm³/mol. The largest absolute Gasteiger partial charge is 0.495 e.